The van der Waals surface area contributed by atoms with Crippen LogP contribution in [0.1, 0.15) is 37.7 Å². The molecule has 2 saturated heterocycles. The molecule has 1 aromatic carbocycles. The van der Waals surface area contributed by atoms with Crippen LogP contribution >= 0.6 is 0 Å². The summed E-state index contributed by atoms with van der Waals surface area (Å²) in [6.07, 6.45) is 6.05. The normalized spacial score (nSPS) is 20.0. The van der Waals surface area contributed by atoms with Crippen LogP contribution < -0.4 is 10.1 Å². The van der Waals surface area contributed by atoms with Gasteiger partial charge in [-0.15, -0.1) is 0 Å². The fourth-order valence-electron chi connectivity index (χ4n) is 3.97. The molecule has 0 spiro atoms. The molecular formula is C21H32N2O3. The molecule has 1 N–H and O–H groups in total. The fraction of sp³-hybridized carbons (Fsp3) is 0.667. The third-order valence-corrected chi connectivity index (χ3v) is 5.74. The van der Waals surface area contributed by atoms with Crippen LogP contribution in [0.5, 0.6) is 5.75 Å². The van der Waals surface area contributed by atoms with E-state index in [0.29, 0.717) is 18.4 Å². The Morgan fingerprint density at radius 3 is 2.50 bits per heavy atom. The Morgan fingerprint density at radius 1 is 1.15 bits per heavy atom. The summed E-state index contributed by atoms with van der Waals surface area (Å²) >= 11 is 0. The van der Waals surface area contributed by atoms with Crippen LogP contribution in [-0.4, -0.2) is 56.8 Å². The number of amides is 1. The molecule has 26 heavy (non-hydrogen) atoms. The molecule has 1 amide bonds. The van der Waals surface area contributed by atoms with Crippen molar-refractivity contribution in [2.75, 3.05) is 40.0 Å². The quantitative estimate of drug-likeness (QED) is 0.812. The Labute approximate surface area is 157 Å². The minimum absolute atomic E-state index is 0.160. The molecule has 144 valence electrons. The molecule has 0 aromatic heterocycles. The van der Waals surface area contributed by atoms with Crippen molar-refractivity contribution >= 4 is 5.91 Å². The molecule has 0 aliphatic carbocycles. The number of carbonyl (C=O) groups is 1. The first-order chi connectivity index (χ1) is 12.7. The Balaban J connectivity index is 1.31. The summed E-state index contributed by atoms with van der Waals surface area (Å²) in [5.41, 5.74) is 1.17. The monoisotopic (exact) mass is 360 g/mol. The van der Waals surface area contributed by atoms with Gasteiger partial charge in [0.2, 0.25) is 5.91 Å². The maximum atomic E-state index is 12.1. The number of hydrogen-bond acceptors (Lipinski definition) is 4. The minimum Gasteiger partial charge on any atom is -0.497 e. The molecule has 0 bridgehead atoms. The highest BCUT2D eigenvalue weighted by molar-refractivity contribution is 5.76. The summed E-state index contributed by atoms with van der Waals surface area (Å²) < 4.78 is 10.6. The lowest BCUT2D eigenvalue weighted by atomic mass is 9.94. The SMILES string of the molecule is COc1ccc(CCC(=O)NCC2CCN(C3CCOCC3)CC2)cc1. The van der Waals surface area contributed by atoms with E-state index >= 15 is 0 Å². The number of nitrogens with one attached hydrogen (secondary N) is 1. The Hall–Kier alpha value is -1.59. The summed E-state index contributed by atoms with van der Waals surface area (Å²) in [5, 5.41) is 3.14. The third kappa shape index (κ3) is 5.71. The Morgan fingerprint density at radius 2 is 1.85 bits per heavy atom. The second-order valence-electron chi connectivity index (χ2n) is 7.48. The van der Waals surface area contributed by atoms with Gasteiger partial charge in [-0.3, -0.25) is 4.79 Å². The second kappa shape index (κ2) is 9.93. The number of rotatable bonds is 7. The van der Waals surface area contributed by atoms with E-state index in [2.05, 4.69) is 10.2 Å². The van der Waals surface area contributed by atoms with E-state index in [0.717, 1.165) is 45.0 Å². The summed E-state index contributed by atoms with van der Waals surface area (Å²) in [4.78, 5) is 14.8. The van der Waals surface area contributed by atoms with E-state index in [1.54, 1.807) is 7.11 Å². The van der Waals surface area contributed by atoms with Gasteiger partial charge in [0.05, 0.1) is 7.11 Å². The Bertz CT molecular complexity index is 547. The molecule has 0 unspecified atom stereocenters. The molecule has 2 fully saturated rings. The zero-order chi connectivity index (χ0) is 18.2. The highest BCUT2D eigenvalue weighted by Crippen LogP contribution is 2.22. The van der Waals surface area contributed by atoms with Crippen molar-refractivity contribution in [3.63, 3.8) is 0 Å². The topological polar surface area (TPSA) is 50.8 Å². The van der Waals surface area contributed by atoms with Gasteiger partial charge in [-0.2, -0.15) is 0 Å². The van der Waals surface area contributed by atoms with Gasteiger partial charge in [0.1, 0.15) is 5.75 Å². The van der Waals surface area contributed by atoms with Crippen LogP contribution in [0.15, 0.2) is 24.3 Å². The van der Waals surface area contributed by atoms with Gasteiger partial charge in [0.15, 0.2) is 0 Å². The Kier molecular flexibility index (Phi) is 7.32. The van der Waals surface area contributed by atoms with E-state index in [1.807, 2.05) is 24.3 Å². The average molecular weight is 360 g/mol. The van der Waals surface area contributed by atoms with Gasteiger partial charge in [0, 0.05) is 32.2 Å². The highest BCUT2D eigenvalue weighted by Gasteiger charge is 2.26. The maximum absolute atomic E-state index is 12.1. The number of aryl methyl sites for hydroxylation is 1. The molecule has 2 aliphatic heterocycles. The van der Waals surface area contributed by atoms with Crippen LogP contribution in [0, 0.1) is 5.92 Å². The maximum Gasteiger partial charge on any atom is 0.220 e. The number of methoxy groups -OCH3 is 1. The van der Waals surface area contributed by atoms with Gasteiger partial charge < -0.3 is 19.7 Å². The molecule has 0 radical (unpaired) electrons. The van der Waals surface area contributed by atoms with E-state index in [4.69, 9.17) is 9.47 Å². The van der Waals surface area contributed by atoms with Gasteiger partial charge in [-0.1, -0.05) is 12.1 Å². The lowest BCUT2D eigenvalue weighted by molar-refractivity contribution is -0.121. The lowest BCUT2D eigenvalue weighted by Crippen LogP contribution is -2.45. The summed E-state index contributed by atoms with van der Waals surface area (Å²) in [6, 6.07) is 8.65. The molecule has 0 atom stereocenters. The molecular weight excluding hydrogens is 328 g/mol. The van der Waals surface area contributed by atoms with Crippen molar-refractivity contribution in [1.82, 2.24) is 10.2 Å². The molecule has 0 saturated carbocycles. The number of ether oxygens (including phenoxy) is 2. The molecule has 1 aromatic rings. The van der Waals surface area contributed by atoms with Crippen LogP contribution in [-0.2, 0) is 16.0 Å². The van der Waals surface area contributed by atoms with Crippen molar-refractivity contribution in [3.8, 4) is 5.75 Å². The van der Waals surface area contributed by atoms with Crippen molar-refractivity contribution in [1.29, 1.82) is 0 Å². The van der Waals surface area contributed by atoms with Gasteiger partial charge >= 0.3 is 0 Å². The van der Waals surface area contributed by atoms with Gasteiger partial charge in [-0.25, -0.2) is 0 Å². The number of likely N-dealkylation sites (tertiary alicyclic amines) is 1. The predicted octanol–water partition coefficient (Wildman–Crippen LogP) is 2.64. The van der Waals surface area contributed by atoms with Crippen LogP contribution in [0.25, 0.3) is 0 Å². The first kappa shape index (κ1) is 19.2. The average Bonchev–Trinajstić information content (AvgIpc) is 2.72. The second-order valence-corrected chi connectivity index (χ2v) is 7.48. The van der Waals surface area contributed by atoms with Crippen molar-refractivity contribution in [2.45, 2.75) is 44.6 Å². The number of hydrogen-bond donors (Lipinski definition) is 1. The van der Waals surface area contributed by atoms with Crippen LogP contribution in [0.3, 0.4) is 0 Å². The van der Waals surface area contributed by atoms with Crippen LogP contribution in [0.2, 0.25) is 0 Å². The number of piperidine rings is 1. The highest BCUT2D eigenvalue weighted by atomic mass is 16.5. The zero-order valence-corrected chi connectivity index (χ0v) is 15.9. The van der Waals surface area contributed by atoms with Crippen LogP contribution in [0.4, 0.5) is 0 Å². The van der Waals surface area contributed by atoms with E-state index in [9.17, 15) is 4.79 Å². The number of carbonyl (C=O) groups excluding carboxylic acids is 1. The molecule has 5 nitrogen and oxygen atoms in total. The summed E-state index contributed by atoms with van der Waals surface area (Å²) in [6.45, 7) is 4.97. The molecule has 2 heterocycles. The summed E-state index contributed by atoms with van der Waals surface area (Å²) in [7, 11) is 1.66. The number of benzene rings is 1. The largest absolute Gasteiger partial charge is 0.497 e. The molecule has 5 heteroatoms. The lowest BCUT2D eigenvalue weighted by Gasteiger charge is -2.39. The number of nitrogens with zero attached hydrogens (tertiary/aromatic N) is 1. The molecule has 2 aliphatic rings. The van der Waals surface area contributed by atoms with Crippen molar-refractivity contribution in [3.05, 3.63) is 29.8 Å². The van der Waals surface area contributed by atoms with E-state index in [-0.39, 0.29) is 5.91 Å². The first-order valence-electron chi connectivity index (χ1n) is 9.96. The van der Waals surface area contributed by atoms with E-state index < -0.39 is 0 Å². The van der Waals surface area contributed by atoms with Gasteiger partial charge in [-0.05, 0) is 68.8 Å². The van der Waals surface area contributed by atoms with Gasteiger partial charge in [0.25, 0.3) is 0 Å². The van der Waals surface area contributed by atoms with Crippen molar-refractivity contribution in [2.24, 2.45) is 5.92 Å². The smallest absolute Gasteiger partial charge is 0.220 e. The zero-order valence-electron chi connectivity index (χ0n) is 15.9. The predicted molar refractivity (Wildman–Crippen MR) is 102 cm³/mol. The minimum atomic E-state index is 0.160. The summed E-state index contributed by atoms with van der Waals surface area (Å²) in [5.74, 6) is 1.63. The first-order valence-corrected chi connectivity index (χ1v) is 9.96. The molecule has 3 rings (SSSR count). The standard InChI is InChI=1S/C21H32N2O3/c1-25-20-5-2-17(3-6-20)4-7-21(24)22-16-18-8-12-23(13-9-18)19-10-14-26-15-11-19/h2-3,5-6,18-19H,4,7-16H2,1H3,(H,22,24). The fourth-order valence-corrected chi connectivity index (χ4v) is 3.97. The van der Waals surface area contributed by atoms with E-state index in [1.165, 1.54) is 31.2 Å². The third-order valence-electron chi connectivity index (χ3n) is 5.74. The van der Waals surface area contributed by atoms with Crippen molar-refractivity contribution < 1.29 is 14.3 Å².